The SMILES string of the molecule is Cc1occc1C(=O)NC1CCN(C(=O)NCC2(c3cccc(F)c3)CCOCC2)CC1. The van der Waals surface area contributed by atoms with E-state index in [1.54, 1.807) is 30.0 Å². The predicted molar refractivity (Wildman–Crippen MR) is 117 cm³/mol. The molecule has 2 saturated heterocycles. The molecule has 0 bridgehead atoms. The molecule has 0 unspecified atom stereocenters. The summed E-state index contributed by atoms with van der Waals surface area (Å²) in [4.78, 5) is 27.0. The number of benzene rings is 1. The summed E-state index contributed by atoms with van der Waals surface area (Å²) in [6.07, 6.45) is 4.36. The molecule has 0 spiro atoms. The average Bonchev–Trinajstić information content (AvgIpc) is 3.24. The van der Waals surface area contributed by atoms with E-state index in [9.17, 15) is 14.0 Å². The molecule has 0 radical (unpaired) electrons. The van der Waals surface area contributed by atoms with Gasteiger partial charge in [0.15, 0.2) is 0 Å². The molecule has 8 heteroatoms. The number of nitrogens with one attached hydrogen (secondary N) is 2. The molecule has 7 nitrogen and oxygen atoms in total. The molecule has 0 saturated carbocycles. The molecule has 4 rings (SSSR count). The number of piperidine rings is 1. The fraction of sp³-hybridized carbons (Fsp3) is 0.500. The van der Waals surface area contributed by atoms with Crippen molar-refractivity contribution in [3.63, 3.8) is 0 Å². The Morgan fingerprint density at radius 3 is 2.59 bits per heavy atom. The van der Waals surface area contributed by atoms with Crippen LogP contribution >= 0.6 is 0 Å². The number of carbonyl (C=O) groups is 2. The zero-order valence-electron chi connectivity index (χ0n) is 18.4. The van der Waals surface area contributed by atoms with Crippen LogP contribution in [0.1, 0.15) is 47.4 Å². The molecule has 1 aromatic carbocycles. The van der Waals surface area contributed by atoms with Crippen molar-refractivity contribution in [1.82, 2.24) is 15.5 Å². The summed E-state index contributed by atoms with van der Waals surface area (Å²) < 4.78 is 24.6. The Kier molecular flexibility index (Phi) is 6.79. The predicted octanol–water partition coefficient (Wildman–Crippen LogP) is 3.38. The summed E-state index contributed by atoms with van der Waals surface area (Å²) in [5.41, 5.74) is 1.12. The van der Waals surface area contributed by atoms with Gasteiger partial charge in [-0.05, 0) is 56.4 Å². The summed E-state index contributed by atoms with van der Waals surface area (Å²) in [7, 11) is 0. The van der Waals surface area contributed by atoms with E-state index in [1.807, 2.05) is 6.07 Å². The van der Waals surface area contributed by atoms with Gasteiger partial charge in [0.05, 0.1) is 11.8 Å². The highest BCUT2D eigenvalue weighted by molar-refractivity contribution is 5.95. The van der Waals surface area contributed by atoms with Gasteiger partial charge >= 0.3 is 6.03 Å². The number of ether oxygens (including phenoxy) is 1. The molecule has 172 valence electrons. The van der Waals surface area contributed by atoms with Gasteiger partial charge in [0.2, 0.25) is 0 Å². The Balaban J connectivity index is 1.30. The van der Waals surface area contributed by atoms with E-state index in [2.05, 4.69) is 10.6 Å². The monoisotopic (exact) mass is 443 g/mol. The molecule has 0 aliphatic carbocycles. The number of carbonyl (C=O) groups excluding carboxylic acids is 2. The van der Waals surface area contributed by atoms with Gasteiger partial charge in [-0.15, -0.1) is 0 Å². The molecule has 2 aliphatic heterocycles. The van der Waals surface area contributed by atoms with Crippen LogP contribution in [0.2, 0.25) is 0 Å². The summed E-state index contributed by atoms with van der Waals surface area (Å²) in [6.45, 7) is 4.52. The van der Waals surface area contributed by atoms with Crippen molar-refractivity contribution in [2.75, 3.05) is 32.8 Å². The van der Waals surface area contributed by atoms with Crippen LogP contribution in [0.3, 0.4) is 0 Å². The van der Waals surface area contributed by atoms with Crippen LogP contribution in [0.15, 0.2) is 41.0 Å². The largest absolute Gasteiger partial charge is 0.469 e. The fourth-order valence-corrected chi connectivity index (χ4v) is 4.62. The molecule has 3 heterocycles. The zero-order valence-corrected chi connectivity index (χ0v) is 18.4. The summed E-state index contributed by atoms with van der Waals surface area (Å²) in [5, 5.41) is 6.11. The number of rotatable bonds is 5. The maximum atomic E-state index is 13.9. The van der Waals surface area contributed by atoms with Gasteiger partial charge < -0.3 is 24.7 Å². The van der Waals surface area contributed by atoms with Gasteiger partial charge in [0.25, 0.3) is 5.91 Å². The maximum absolute atomic E-state index is 13.9. The number of aryl methyl sites for hydroxylation is 1. The second-order valence-corrected chi connectivity index (χ2v) is 8.69. The minimum Gasteiger partial charge on any atom is -0.469 e. The minimum atomic E-state index is -0.329. The van der Waals surface area contributed by atoms with E-state index >= 15 is 0 Å². The van der Waals surface area contributed by atoms with Crippen LogP contribution in [0.4, 0.5) is 9.18 Å². The lowest BCUT2D eigenvalue weighted by atomic mass is 9.74. The van der Waals surface area contributed by atoms with Crippen LogP contribution in [0, 0.1) is 12.7 Å². The Morgan fingerprint density at radius 2 is 1.94 bits per heavy atom. The van der Waals surface area contributed by atoms with Gasteiger partial charge in [-0.1, -0.05) is 12.1 Å². The molecule has 3 amide bonds. The van der Waals surface area contributed by atoms with E-state index in [0.717, 1.165) is 18.4 Å². The molecular formula is C24H30FN3O4. The lowest BCUT2D eigenvalue weighted by Crippen LogP contribution is -2.52. The molecule has 2 aliphatic rings. The normalized spacial score (nSPS) is 18.9. The second kappa shape index (κ2) is 9.73. The number of hydrogen-bond donors (Lipinski definition) is 2. The van der Waals surface area contributed by atoms with Crippen LogP contribution < -0.4 is 10.6 Å². The number of hydrogen-bond acceptors (Lipinski definition) is 4. The number of amides is 3. The first-order chi connectivity index (χ1) is 15.5. The first kappa shape index (κ1) is 22.3. The first-order valence-corrected chi connectivity index (χ1v) is 11.2. The van der Waals surface area contributed by atoms with E-state index in [-0.39, 0.29) is 29.2 Å². The molecule has 0 atom stereocenters. The third-order valence-electron chi connectivity index (χ3n) is 6.69. The van der Waals surface area contributed by atoms with Crippen molar-refractivity contribution >= 4 is 11.9 Å². The van der Waals surface area contributed by atoms with Gasteiger partial charge in [0, 0.05) is 44.3 Å². The lowest BCUT2D eigenvalue weighted by Gasteiger charge is -2.39. The van der Waals surface area contributed by atoms with E-state index < -0.39 is 0 Å². The minimum absolute atomic E-state index is 0.0231. The fourth-order valence-electron chi connectivity index (χ4n) is 4.62. The molecule has 2 fully saturated rings. The average molecular weight is 444 g/mol. The van der Waals surface area contributed by atoms with E-state index in [1.165, 1.54) is 12.3 Å². The highest BCUT2D eigenvalue weighted by atomic mass is 19.1. The zero-order chi connectivity index (χ0) is 22.6. The highest BCUT2D eigenvalue weighted by Crippen LogP contribution is 2.34. The molecule has 2 N–H and O–H groups in total. The summed E-state index contributed by atoms with van der Waals surface area (Å²) in [5.74, 6) is 0.185. The Hall–Kier alpha value is -2.87. The molecule has 1 aromatic heterocycles. The van der Waals surface area contributed by atoms with Gasteiger partial charge in [-0.3, -0.25) is 4.79 Å². The smallest absolute Gasteiger partial charge is 0.317 e. The Morgan fingerprint density at radius 1 is 1.19 bits per heavy atom. The van der Waals surface area contributed by atoms with E-state index in [0.29, 0.717) is 57.0 Å². The standard InChI is InChI=1S/C24H30FN3O4/c1-17-21(7-12-32-17)22(29)27-20-5-10-28(11-6-20)23(30)26-16-24(8-13-31-14-9-24)18-3-2-4-19(25)15-18/h2-4,7,12,15,20H,5-6,8-11,13-14,16H2,1H3,(H,26,30)(H,27,29). The summed E-state index contributed by atoms with van der Waals surface area (Å²) >= 11 is 0. The third-order valence-corrected chi connectivity index (χ3v) is 6.69. The Bertz CT molecular complexity index is 946. The topological polar surface area (TPSA) is 83.8 Å². The van der Waals surface area contributed by atoms with Crippen molar-refractivity contribution < 1.29 is 23.1 Å². The third kappa shape index (κ3) is 4.96. The Labute approximate surface area is 187 Å². The number of urea groups is 1. The number of furan rings is 1. The van der Waals surface area contributed by atoms with Gasteiger partial charge in [-0.2, -0.15) is 0 Å². The van der Waals surface area contributed by atoms with Crippen LogP contribution in [0.25, 0.3) is 0 Å². The number of nitrogens with zero attached hydrogens (tertiary/aromatic N) is 1. The summed E-state index contributed by atoms with van der Waals surface area (Å²) in [6, 6.07) is 8.21. The number of halogens is 1. The highest BCUT2D eigenvalue weighted by Gasteiger charge is 2.36. The molecule has 32 heavy (non-hydrogen) atoms. The van der Waals surface area contributed by atoms with E-state index in [4.69, 9.17) is 9.15 Å². The first-order valence-electron chi connectivity index (χ1n) is 11.2. The van der Waals surface area contributed by atoms with Crippen molar-refractivity contribution in [2.45, 2.75) is 44.1 Å². The van der Waals surface area contributed by atoms with Crippen molar-refractivity contribution in [2.24, 2.45) is 0 Å². The second-order valence-electron chi connectivity index (χ2n) is 8.69. The van der Waals surface area contributed by atoms with Gasteiger partial charge in [-0.25, -0.2) is 9.18 Å². The molecular weight excluding hydrogens is 413 g/mol. The van der Waals surface area contributed by atoms with Crippen LogP contribution in [0.5, 0.6) is 0 Å². The van der Waals surface area contributed by atoms with Crippen LogP contribution in [-0.4, -0.2) is 55.7 Å². The lowest BCUT2D eigenvalue weighted by molar-refractivity contribution is 0.0498. The van der Waals surface area contributed by atoms with Crippen molar-refractivity contribution in [3.05, 3.63) is 59.3 Å². The number of likely N-dealkylation sites (tertiary alicyclic amines) is 1. The van der Waals surface area contributed by atoms with Crippen LogP contribution in [-0.2, 0) is 10.2 Å². The van der Waals surface area contributed by atoms with Crippen molar-refractivity contribution in [1.29, 1.82) is 0 Å². The quantitative estimate of drug-likeness (QED) is 0.742. The maximum Gasteiger partial charge on any atom is 0.317 e. The van der Waals surface area contributed by atoms with Gasteiger partial charge in [0.1, 0.15) is 11.6 Å². The molecule has 2 aromatic rings. The van der Waals surface area contributed by atoms with Crippen molar-refractivity contribution in [3.8, 4) is 0 Å².